The molecule has 1 aliphatic carbocycles. The van der Waals surface area contributed by atoms with Crippen molar-refractivity contribution in [1.82, 2.24) is 10.2 Å². The van der Waals surface area contributed by atoms with Crippen LogP contribution in [0.1, 0.15) is 38.7 Å². The lowest BCUT2D eigenvalue weighted by molar-refractivity contribution is -0.139. The number of amides is 2. The normalized spacial score (nSPS) is 19.2. The average Bonchev–Trinajstić information content (AvgIpc) is 3.52. The maximum atomic E-state index is 13.1. The Balaban J connectivity index is 1.74. The van der Waals surface area contributed by atoms with Crippen molar-refractivity contribution in [2.24, 2.45) is 11.8 Å². The Morgan fingerprint density at radius 3 is 2.47 bits per heavy atom. The van der Waals surface area contributed by atoms with E-state index in [-0.39, 0.29) is 30.7 Å². The molecule has 1 aliphatic heterocycles. The maximum Gasteiger partial charge on any atom is 0.322 e. The highest BCUT2D eigenvalue weighted by atomic mass is 16.5. The Morgan fingerprint density at radius 1 is 1.23 bits per heavy atom. The standard InChI is InChI=1S/C22H28N2O6/c1-13(2)17-9-18(25)20(21(28)23-10-19(26)27)22(29)24(17)11-14-5-7-16(8-6-14)30-12-15-3-4-15/h5-8,13,15,17,25H,3-4,9-12H2,1-2H3,(H,23,28)(H,26,27)/t17-/m0/s1. The number of nitrogens with zero attached hydrogens (tertiary/aromatic N) is 1. The van der Waals surface area contributed by atoms with Crippen molar-refractivity contribution in [3.63, 3.8) is 0 Å². The summed E-state index contributed by atoms with van der Waals surface area (Å²) in [5.41, 5.74) is 0.483. The Labute approximate surface area is 175 Å². The van der Waals surface area contributed by atoms with Crippen molar-refractivity contribution in [1.29, 1.82) is 0 Å². The van der Waals surface area contributed by atoms with Crippen LogP contribution in [-0.2, 0) is 20.9 Å². The highest BCUT2D eigenvalue weighted by molar-refractivity contribution is 6.19. The molecule has 0 unspecified atom stereocenters. The largest absolute Gasteiger partial charge is 0.511 e. The van der Waals surface area contributed by atoms with Crippen molar-refractivity contribution in [3.05, 3.63) is 41.2 Å². The summed E-state index contributed by atoms with van der Waals surface area (Å²) in [4.78, 5) is 37.7. The first kappa shape index (κ1) is 21.7. The van der Waals surface area contributed by atoms with Gasteiger partial charge in [-0.1, -0.05) is 26.0 Å². The van der Waals surface area contributed by atoms with Crippen molar-refractivity contribution < 1.29 is 29.3 Å². The van der Waals surface area contributed by atoms with E-state index in [1.807, 2.05) is 38.1 Å². The van der Waals surface area contributed by atoms with Crippen LogP contribution in [0.15, 0.2) is 35.6 Å². The monoisotopic (exact) mass is 416 g/mol. The maximum absolute atomic E-state index is 13.1. The summed E-state index contributed by atoms with van der Waals surface area (Å²) in [7, 11) is 0. The zero-order valence-corrected chi connectivity index (χ0v) is 17.3. The van der Waals surface area contributed by atoms with E-state index in [4.69, 9.17) is 9.84 Å². The Hall–Kier alpha value is -3.03. The van der Waals surface area contributed by atoms with Crippen LogP contribution in [-0.4, -0.2) is 52.1 Å². The summed E-state index contributed by atoms with van der Waals surface area (Å²) < 4.78 is 5.74. The van der Waals surface area contributed by atoms with E-state index in [1.54, 1.807) is 4.90 Å². The predicted molar refractivity (Wildman–Crippen MR) is 109 cm³/mol. The van der Waals surface area contributed by atoms with E-state index in [0.29, 0.717) is 5.92 Å². The number of rotatable bonds is 9. The number of nitrogens with one attached hydrogen (secondary N) is 1. The minimum absolute atomic E-state index is 0.0564. The molecule has 30 heavy (non-hydrogen) atoms. The minimum Gasteiger partial charge on any atom is -0.511 e. The van der Waals surface area contributed by atoms with Gasteiger partial charge in [0, 0.05) is 19.0 Å². The third-order valence-corrected chi connectivity index (χ3v) is 5.42. The van der Waals surface area contributed by atoms with Crippen LogP contribution in [0.4, 0.5) is 0 Å². The number of ether oxygens (including phenoxy) is 1. The number of benzene rings is 1. The third kappa shape index (κ3) is 5.31. The van der Waals surface area contributed by atoms with E-state index in [0.717, 1.165) is 17.9 Å². The van der Waals surface area contributed by atoms with Crippen molar-refractivity contribution in [2.75, 3.05) is 13.2 Å². The van der Waals surface area contributed by atoms with Gasteiger partial charge in [-0.15, -0.1) is 0 Å². The minimum atomic E-state index is -1.23. The van der Waals surface area contributed by atoms with Gasteiger partial charge >= 0.3 is 5.97 Å². The van der Waals surface area contributed by atoms with E-state index >= 15 is 0 Å². The van der Waals surface area contributed by atoms with Crippen LogP contribution in [0, 0.1) is 11.8 Å². The number of aliphatic hydroxyl groups is 1. The summed E-state index contributed by atoms with van der Waals surface area (Å²) >= 11 is 0. The van der Waals surface area contributed by atoms with Gasteiger partial charge in [-0.05, 0) is 42.4 Å². The summed E-state index contributed by atoms with van der Waals surface area (Å²) in [6.45, 7) is 4.26. The lowest BCUT2D eigenvalue weighted by Gasteiger charge is -2.38. The molecule has 8 heteroatoms. The second-order valence-corrected chi connectivity index (χ2v) is 8.24. The SMILES string of the molecule is CC(C)[C@@H]1CC(O)=C(C(=O)NCC(=O)O)C(=O)N1Cc1ccc(OCC2CC2)cc1. The van der Waals surface area contributed by atoms with E-state index < -0.39 is 29.9 Å². The van der Waals surface area contributed by atoms with Gasteiger partial charge in [0.25, 0.3) is 11.8 Å². The molecule has 8 nitrogen and oxygen atoms in total. The number of carbonyl (C=O) groups is 3. The fraction of sp³-hybridized carbons (Fsp3) is 0.500. The lowest BCUT2D eigenvalue weighted by Crippen LogP contribution is -2.50. The topological polar surface area (TPSA) is 116 Å². The third-order valence-electron chi connectivity index (χ3n) is 5.42. The molecule has 1 atom stereocenters. The van der Waals surface area contributed by atoms with Crippen LogP contribution < -0.4 is 10.1 Å². The molecule has 1 heterocycles. The molecule has 3 rings (SSSR count). The van der Waals surface area contributed by atoms with E-state index in [1.165, 1.54) is 12.8 Å². The number of aliphatic hydroxyl groups excluding tert-OH is 1. The number of aliphatic carboxylic acids is 1. The highest BCUT2D eigenvalue weighted by Gasteiger charge is 2.39. The van der Waals surface area contributed by atoms with Gasteiger partial charge < -0.3 is 25.2 Å². The van der Waals surface area contributed by atoms with Crippen molar-refractivity contribution >= 4 is 17.8 Å². The van der Waals surface area contributed by atoms with Crippen LogP contribution in [0.2, 0.25) is 0 Å². The number of carboxylic acids is 1. The van der Waals surface area contributed by atoms with Gasteiger partial charge in [-0.2, -0.15) is 0 Å². The molecule has 0 bridgehead atoms. The van der Waals surface area contributed by atoms with Crippen LogP contribution in [0.5, 0.6) is 5.75 Å². The first-order valence-electron chi connectivity index (χ1n) is 10.2. The van der Waals surface area contributed by atoms with Gasteiger partial charge in [-0.25, -0.2) is 0 Å². The zero-order valence-electron chi connectivity index (χ0n) is 17.3. The summed E-state index contributed by atoms with van der Waals surface area (Å²) in [6.07, 6.45) is 2.57. The van der Waals surface area contributed by atoms with Gasteiger partial charge in [0.15, 0.2) is 0 Å². The Bertz CT molecular complexity index is 842. The lowest BCUT2D eigenvalue weighted by atomic mass is 9.91. The summed E-state index contributed by atoms with van der Waals surface area (Å²) in [5, 5.41) is 21.2. The van der Waals surface area contributed by atoms with E-state index in [9.17, 15) is 19.5 Å². The molecule has 0 radical (unpaired) electrons. The van der Waals surface area contributed by atoms with Gasteiger partial charge in [0.1, 0.15) is 23.6 Å². The first-order chi connectivity index (χ1) is 14.3. The molecule has 0 aromatic heterocycles. The fourth-order valence-electron chi connectivity index (χ4n) is 3.47. The predicted octanol–water partition coefficient (Wildman–Crippen LogP) is 2.25. The molecule has 1 fully saturated rings. The zero-order chi connectivity index (χ0) is 21.8. The Morgan fingerprint density at radius 2 is 1.90 bits per heavy atom. The smallest absolute Gasteiger partial charge is 0.322 e. The first-order valence-corrected chi connectivity index (χ1v) is 10.2. The van der Waals surface area contributed by atoms with Gasteiger partial charge in [0.2, 0.25) is 0 Å². The highest BCUT2D eigenvalue weighted by Crippen LogP contribution is 2.31. The molecule has 2 amide bonds. The molecular formula is C22H28N2O6. The average molecular weight is 416 g/mol. The second-order valence-electron chi connectivity index (χ2n) is 8.24. The fourth-order valence-corrected chi connectivity index (χ4v) is 3.47. The molecule has 0 spiro atoms. The van der Waals surface area contributed by atoms with Crippen molar-refractivity contribution in [2.45, 2.75) is 45.7 Å². The molecule has 2 aliphatic rings. The number of hydrogen-bond acceptors (Lipinski definition) is 5. The quantitative estimate of drug-likeness (QED) is 0.532. The molecule has 1 aromatic carbocycles. The van der Waals surface area contributed by atoms with Gasteiger partial charge in [0.05, 0.1) is 6.61 Å². The number of carbonyl (C=O) groups excluding carboxylic acids is 2. The van der Waals surface area contributed by atoms with E-state index in [2.05, 4.69) is 5.32 Å². The summed E-state index contributed by atoms with van der Waals surface area (Å²) in [6, 6.07) is 7.22. The van der Waals surface area contributed by atoms with Gasteiger partial charge in [-0.3, -0.25) is 14.4 Å². The molecule has 0 saturated heterocycles. The second kappa shape index (κ2) is 9.19. The molecule has 162 valence electrons. The van der Waals surface area contributed by atoms with Crippen molar-refractivity contribution in [3.8, 4) is 5.75 Å². The van der Waals surface area contributed by atoms with Crippen LogP contribution in [0.3, 0.4) is 0 Å². The molecule has 1 aromatic rings. The van der Waals surface area contributed by atoms with Crippen LogP contribution >= 0.6 is 0 Å². The summed E-state index contributed by atoms with van der Waals surface area (Å²) in [5.74, 6) is -1.52. The number of hydrogen-bond donors (Lipinski definition) is 3. The molecule has 3 N–H and O–H groups in total. The van der Waals surface area contributed by atoms with Crippen LogP contribution in [0.25, 0.3) is 0 Å². The Kier molecular flexibility index (Phi) is 6.64. The number of carboxylic acid groups (broad SMARTS) is 1. The molecule has 1 saturated carbocycles. The molecular weight excluding hydrogens is 388 g/mol.